The summed E-state index contributed by atoms with van der Waals surface area (Å²) < 4.78 is 23.3. The van der Waals surface area contributed by atoms with Gasteiger partial charge in [-0.25, -0.2) is 9.18 Å². The first-order valence-electron chi connectivity index (χ1n) is 7.06. The van der Waals surface area contributed by atoms with E-state index in [1.165, 1.54) is 25.3 Å². The molecule has 0 aliphatic rings. The molecule has 0 saturated carbocycles. The molecule has 1 rings (SSSR count). The number of carbonyl (C=O) groups excluding carboxylic acids is 1. The van der Waals surface area contributed by atoms with Gasteiger partial charge in [0.1, 0.15) is 11.6 Å². The number of aliphatic hydroxyl groups is 1. The summed E-state index contributed by atoms with van der Waals surface area (Å²) >= 11 is 0. The highest BCUT2D eigenvalue weighted by Gasteiger charge is 2.10. The van der Waals surface area contributed by atoms with E-state index in [9.17, 15) is 14.3 Å². The minimum atomic E-state index is -0.792. The molecule has 0 fully saturated rings. The summed E-state index contributed by atoms with van der Waals surface area (Å²) in [7, 11) is 1.38. The van der Waals surface area contributed by atoms with Crippen LogP contribution in [-0.2, 0) is 4.74 Å². The molecule has 7 heteroatoms. The van der Waals surface area contributed by atoms with Crippen molar-refractivity contribution in [2.45, 2.75) is 20.0 Å². The molecule has 0 spiro atoms. The van der Waals surface area contributed by atoms with Crippen molar-refractivity contribution in [2.75, 3.05) is 32.2 Å². The lowest BCUT2D eigenvalue weighted by Crippen LogP contribution is -2.37. The van der Waals surface area contributed by atoms with Gasteiger partial charge < -0.3 is 25.2 Å². The van der Waals surface area contributed by atoms with Crippen LogP contribution in [0.15, 0.2) is 18.2 Å². The number of halogens is 1. The van der Waals surface area contributed by atoms with Gasteiger partial charge in [0, 0.05) is 19.2 Å². The number of hydrogen-bond acceptors (Lipinski definition) is 4. The van der Waals surface area contributed by atoms with Gasteiger partial charge in [0.05, 0.1) is 25.5 Å². The fraction of sp³-hybridized carbons (Fsp3) is 0.533. The van der Waals surface area contributed by atoms with Crippen molar-refractivity contribution in [3.8, 4) is 5.75 Å². The van der Waals surface area contributed by atoms with Gasteiger partial charge in [-0.1, -0.05) is 13.8 Å². The second-order valence-corrected chi connectivity index (χ2v) is 5.26. The van der Waals surface area contributed by atoms with E-state index in [1.807, 2.05) is 13.8 Å². The van der Waals surface area contributed by atoms with E-state index in [4.69, 9.17) is 9.47 Å². The fourth-order valence-electron chi connectivity index (χ4n) is 1.64. The molecule has 3 N–H and O–H groups in total. The smallest absolute Gasteiger partial charge is 0.319 e. The Kier molecular flexibility index (Phi) is 7.62. The number of methoxy groups -OCH3 is 1. The zero-order valence-electron chi connectivity index (χ0n) is 13.1. The first-order chi connectivity index (χ1) is 10.4. The molecule has 1 aromatic carbocycles. The third-order valence-electron chi connectivity index (χ3n) is 2.67. The van der Waals surface area contributed by atoms with Crippen molar-refractivity contribution in [2.24, 2.45) is 5.92 Å². The maximum absolute atomic E-state index is 13.0. The molecule has 1 atom stereocenters. The number of rotatable bonds is 8. The van der Waals surface area contributed by atoms with Crippen LogP contribution in [0.1, 0.15) is 13.8 Å². The van der Waals surface area contributed by atoms with Gasteiger partial charge in [0.25, 0.3) is 0 Å². The molecule has 1 unspecified atom stereocenters. The summed E-state index contributed by atoms with van der Waals surface area (Å²) in [6.07, 6.45) is -0.792. The molecule has 0 bridgehead atoms. The maximum Gasteiger partial charge on any atom is 0.319 e. The van der Waals surface area contributed by atoms with Crippen LogP contribution < -0.4 is 15.4 Å². The van der Waals surface area contributed by atoms with Crippen molar-refractivity contribution < 1.29 is 23.8 Å². The van der Waals surface area contributed by atoms with Gasteiger partial charge in [0.15, 0.2) is 0 Å². The first-order valence-corrected chi connectivity index (χ1v) is 7.06. The lowest BCUT2D eigenvalue weighted by molar-refractivity contribution is 0.0274. The number of carbonyl (C=O) groups is 1. The normalized spacial score (nSPS) is 12.1. The average molecular weight is 314 g/mol. The first kappa shape index (κ1) is 18.2. The number of urea groups is 1. The number of ether oxygens (including phenoxy) is 2. The maximum atomic E-state index is 13.0. The van der Waals surface area contributed by atoms with Gasteiger partial charge in [-0.15, -0.1) is 0 Å². The van der Waals surface area contributed by atoms with Crippen molar-refractivity contribution in [1.82, 2.24) is 5.32 Å². The monoisotopic (exact) mass is 314 g/mol. The molecule has 2 amide bonds. The highest BCUT2D eigenvalue weighted by molar-refractivity contribution is 5.90. The number of hydrogen-bond donors (Lipinski definition) is 3. The summed E-state index contributed by atoms with van der Waals surface area (Å²) in [5, 5.41) is 14.7. The van der Waals surface area contributed by atoms with E-state index in [1.54, 1.807) is 0 Å². The molecule has 22 heavy (non-hydrogen) atoms. The van der Waals surface area contributed by atoms with Crippen LogP contribution in [0.4, 0.5) is 14.9 Å². The Morgan fingerprint density at radius 1 is 1.36 bits per heavy atom. The summed E-state index contributed by atoms with van der Waals surface area (Å²) in [6.45, 7) is 4.77. The molecule has 0 radical (unpaired) electrons. The number of nitrogens with one attached hydrogen (secondary N) is 2. The van der Waals surface area contributed by atoms with E-state index >= 15 is 0 Å². The van der Waals surface area contributed by atoms with Crippen molar-refractivity contribution in [3.63, 3.8) is 0 Å². The van der Waals surface area contributed by atoms with Crippen molar-refractivity contribution in [1.29, 1.82) is 0 Å². The Balaban J connectivity index is 2.37. The van der Waals surface area contributed by atoms with E-state index < -0.39 is 18.0 Å². The molecule has 0 heterocycles. The quantitative estimate of drug-likeness (QED) is 0.685. The van der Waals surface area contributed by atoms with Crippen molar-refractivity contribution >= 4 is 11.7 Å². The SMILES string of the molecule is COc1cc(F)ccc1NC(=O)NCC(O)COCC(C)C. The molecule has 0 aliphatic heterocycles. The summed E-state index contributed by atoms with van der Waals surface area (Å²) in [5.74, 6) is 0.144. The van der Waals surface area contributed by atoms with Gasteiger partial charge in [-0.2, -0.15) is 0 Å². The molecular formula is C15H23FN2O4. The lowest BCUT2D eigenvalue weighted by Gasteiger charge is -2.15. The third-order valence-corrected chi connectivity index (χ3v) is 2.67. The van der Waals surface area contributed by atoms with Crippen LogP contribution in [0.5, 0.6) is 5.75 Å². The summed E-state index contributed by atoms with van der Waals surface area (Å²) in [5.41, 5.74) is 0.340. The molecule has 0 aliphatic carbocycles. The second-order valence-electron chi connectivity index (χ2n) is 5.26. The minimum Gasteiger partial charge on any atom is -0.494 e. The molecule has 1 aromatic rings. The van der Waals surface area contributed by atoms with Crippen molar-refractivity contribution in [3.05, 3.63) is 24.0 Å². The third kappa shape index (κ3) is 6.73. The predicted octanol–water partition coefficient (Wildman–Crippen LogP) is 1.99. The highest BCUT2D eigenvalue weighted by Crippen LogP contribution is 2.24. The Morgan fingerprint density at radius 3 is 2.73 bits per heavy atom. The van der Waals surface area contributed by atoms with Crippen LogP contribution in [-0.4, -0.2) is 44.1 Å². The van der Waals surface area contributed by atoms with Crippen LogP contribution >= 0.6 is 0 Å². The molecule has 0 saturated heterocycles. The average Bonchev–Trinajstić information content (AvgIpc) is 2.46. The van der Waals surface area contributed by atoms with Gasteiger partial charge >= 0.3 is 6.03 Å². The Hall–Kier alpha value is -1.86. The van der Waals surface area contributed by atoms with Crippen LogP contribution in [0.3, 0.4) is 0 Å². The Labute approximate surface area is 129 Å². The van der Waals surface area contributed by atoms with Gasteiger partial charge in [-0.05, 0) is 18.1 Å². The Morgan fingerprint density at radius 2 is 2.09 bits per heavy atom. The standard InChI is InChI=1S/C15H23FN2O4/c1-10(2)8-22-9-12(19)7-17-15(20)18-13-5-4-11(16)6-14(13)21-3/h4-6,10,12,19H,7-9H2,1-3H3,(H2,17,18,20). The molecule has 6 nitrogen and oxygen atoms in total. The molecule has 124 valence electrons. The van der Waals surface area contributed by atoms with Gasteiger partial charge in [-0.3, -0.25) is 0 Å². The van der Waals surface area contributed by atoms with E-state index in [0.29, 0.717) is 18.2 Å². The predicted molar refractivity (Wildman–Crippen MR) is 81.6 cm³/mol. The minimum absolute atomic E-state index is 0.0490. The second kappa shape index (κ2) is 9.22. The zero-order valence-corrected chi connectivity index (χ0v) is 13.1. The van der Waals surface area contributed by atoms with Gasteiger partial charge in [0.2, 0.25) is 0 Å². The van der Waals surface area contributed by atoms with Crippen LogP contribution in [0.25, 0.3) is 0 Å². The van der Waals surface area contributed by atoms with Crippen LogP contribution in [0.2, 0.25) is 0 Å². The lowest BCUT2D eigenvalue weighted by atomic mass is 10.2. The van der Waals surface area contributed by atoms with E-state index in [0.717, 1.165) is 0 Å². The Bertz CT molecular complexity index is 483. The molecule has 0 aromatic heterocycles. The topological polar surface area (TPSA) is 79.8 Å². The fourth-order valence-corrected chi connectivity index (χ4v) is 1.64. The largest absolute Gasteiger partial charge is 0.494 e. The summed E-state index contributed by atoms with van der Waals surface area (Å²) in [6, 6.07) is 3.26. The zero-order chi connectivity index (χ0) is 16.5. The number of aliphatic hydroxyl groups excluding tert-OH is 1. The molecular weight excluding hydrogens is 291 g/mol. The number of benzene rings is 1. The van der Waals surface area contributed by atoms with Crippen LogP contribution in [0, 0.1) is 11.7 Å². The summed E-state index contributed by atoms with van der Waals surface area (Å²) in [4.78, 5) is 11.7. The number of amides is 2. The number of anilines is 1. The van der Waals surface area contributed by atoms with E-state index in [2.05, 4.69) is 10.6 Å². The highest BCUT2D eigenvalue weighted by atomic mass is 19.1. The van der Waals surface area contributed by atoms with E-state index in [-0.39, 0.29) is 18.9 Å².